The molecule has 0 aliphatic rings. The minimum atomic E-state index is -0.362. The van der Waals surface area contributed by atoms with Gasteiger partial charge in [0.15, 0.2) is 5.78 Å². The highest BCUT2D eigenvalue weighted by Crippen LogP contribution is 2.19. The Balaban J connectivity index is 1.50. The molecule has 0 unspecified atom stereocenters. The maximum absolute atomic E-state index is 14.2. The summed E-state index contributed by atoms with van der Waals surface area (Å²) < 4.78 is 16.0. The quantitative estimate of drug-likeness (QED) is 0.467. The fourth-order valence-electron chi connectivity index (χ4n) is 3.04. The van der Waals surface area contributed by atoms with E-state index in [1.54, 1.807) is 59.5 Å². The van der Waals surface area contributed by atoms with E-state index in [1.165, 1.54) is 6.07 Å². The van der Waals surface area contributed by atoms with E-state index in [0.29, 0.717) is 33.3 Å². The third-order valence-corrected chi connectivity index (χ3v) is 4.73. The van der Waals surface area contributed by atoms with Crippen LogP contribution in [0.4, 0.5) is 15.9 Å². The monoisotopic (exact) mass is 409 g/mol. The maximum Gasteiger partial charge on any atom is 0.185 e. The molecular weight excluding hydrogens is 393 g/mol. The lowest BCUT2D eigenvalue weighted by atomic mass is 10.0. The first kappa shape index (κ1) is 18.9. The molecule has 0 fully saturated rings. The molecule has 3 N–H and O–H groups in total. The summed E-state index contributed by atoms with van der Waals surface area (Å²) >= 11 is 5.97. The Morgan fingerprint density at radius 3 is 2.90 bits per heavy atom. The lowest BCUT2D eigenvalue weighted by molar-refractivity contribution is 0.0988. The van der Waals surface area contributed by atoms with E-state index < -0.39 is 0 Å². The number of nitrogens with zero attached hydrogens (tertiary/aromatic N) is 3. The highest BCUT2D eigenvalue weighted by Gasteiger charge is 2.12. The summed E-state index contributed by atoms with van der Waals surface area (Å²) in [6.07, 6.45) is 4.96. The number of pyridine rings is 1. The van der Waals surface area contributed by atoms with Crippen molar-refractivity contribution in [3.05, 3.63) is 88.8 Å². The van der Waals surface area contributed by atoms with Gasteiger partial charge in [-0.2, -0.15) is 0 Å². The van der Waals surface area contributed by atoms with Crippen molar-refractivity contribution in [1.29, 1.82) is 0 Å². The molecule has 4 rings (SSSR count). The molecule has 146 valence electrons. The number of carbonyl (C=O) groups is 1. The van der Waals surface area contributed by atoms with Gasteiger partial charge < -0.3 is 15.5 Å². The van der Waals surface area contributed by atoms with Crippen LogP contribution in [0.2, 0.25) is 5.02 Å². The number of anilines is 2. The van der Waals surface area contributed by atoms with Crippen LogP contribution in [0, 0.1) is 5.82 Å². The normalized spacial score (nSPS) is 11.0. The Kier molecular flexibility index (Phi) is 5.14. The number of Topliss-reactive ketones (excluding diaryl/α,β-unsaturated/α-hetero) is 1. The minimum Gasteiger partial charge on any atom is -0.382 e. The number of nitrogens with two attached hydrogens (primary N) is 1. The van der Waals surface area contributed by atoms with E-state index >= 15 is 0 Å². The van der Waals surface area contributed by atoms with Gasteiger partial charge in [-0.05, 0) is 35.9 Å². The number of hydrogen-bond donors (Lipinski definition) is 2. The predicted molar refractivity (Wildman–Crippen MR) is 111 cm³/mol. The molecule has 0 amide bonds. The number of nitrogens with one attached hydrogen (secondary N) is 1. The SMILES string of the molecule is Nc1ncccc1NCc1cc(CC(=O)c2cc3cc(Cl)cn3cn2)ccc1F. The number of halogens is 2. The molecular formula is C21H17ClFN5O. The van der Waals surface area contributed by atoms with Crippen molar-refractivity contribution < 1.29 is 9.18 Å². The van der Waals surface area contributed by atoms with Gasteiger partial charge in [0, 0.05) is 30.9 Å². The summed E-state index contributed by atoms with van der Waals surface area (Å²) in [4.78, 5) is 20.8. The van der Waals surface area contributed by atoms with Gasteiger partial charge in [0.2, 0.25) is 0 Å². The van der Waals surface area contributed by atoms with Crippen LogP contribution in [-0.2, 0) is 13.0 Å². The van der Waals surface area contributed by atoms with Gasteiger partial charge in [0.05, 0.1) is 22.6 Å². The summed E-state index contributed by atoms with van der Waals surface area (Å²) in [5.41, 5.74) is 8.66. The summed E-state index contributed by atoms with van der Waals surface area (Å²) in [6, 6.07) is 11.6. The number of fused-ring (bicyclic) bond motifs is 1. The smallest absolute Gasteiger partial charge is 0.185 e. The molecule has 6 nitrogen and oxygen atoms in total. The van der Waals surface area contributed by atoms with Gasteiger partial charge in [-0.15, -0.1) is 0 Å². The van der Waals surface area contributed by atoms with Crippen LogP contribution in [0.15, 0.2) is 61.2 Å². The zero-order chi connectivity index (χ0) is 20.4. The standard InChI is InChI=1S/C21H17ClFN5O/c22-15-8-16-9-19(27-12-28(16)11-15)20(29)7-13-3-4-17(23)14(6-13)10-26-18-2-1-5-25-21(18)24/h1-6,8-9,11-12,26H,7,10H2,(H2,24,25). The fraction of sp³-hybridized carbons (Fsp3) is 0.0952. The van der Waals surface area contributed by atoms with E-state index in [-0.39, 0.29) is 24.6 Å². The molecule has 4 aromatic rings. The highest BCUT2D eigenvalue weighted by atomic mass is 35.5. The van der Waals surface area contributed by atoms with Crippen LogP contribution < -0.4 is 11.1 Å². The second-order valence-electron chi connectivity index (χ2n) is 6.58. The molecule has 8 heteroatoms. The molecule has 3 aromatic heterocycles. The minimum absolute atomic E-state index is 0.111. The predicted octanol–water partition coefficient (Wildman–Crippen LogP) is 4.14. The van der Waals surface area contributed by atoms with Crippen molar-refractivity contribution in [2.45, 2.75) is 13.0 Å². The van der Waals surface area contributed by atoms with Crippen molar-refractivity contribution in [2.24, 2.45) is 0 Å². The second kappa shape index (κ2) is 7.89. The molecule has 0 aliphatic carbocycles. The topological polar surface area (TPSA) is 85.3 Å². The summed E-state index contributed by atoms with van der Waals surface area (Å²) in [7, 11) is 0. The number of carbonyl (C=O) groups excluding carboxylic acids is 1. The summed E-state index contributed by atoms with van der Waals surface area (Å²) in [5.74, 6) is -0.184. The van der Waals surface area contributed by atoms with E-state index in [1.807, 2.05) is 0 Å². The zero-order valence-electron chi connectivity index (χ0n) is 15.3. The van der Waals surface area contributed by atoms with Crippen molar-refractivity contribution in [3.8, 4) is 0 Å². The van der Waals surface area contributed by atoms with Gasteiger partial charge in [-0.25, -0.2) is 14.4 Å². The number of ketones is 1. The summed E-state index contributed by atoms with van der Waals surface area (Å²) in [6.45, 7) is 0.219. The van der Waals surface area contributed by atoms with Crippen LogP contribution >= 0.6 is 11.6 Å². The fourth-order valence-corrected chi connectivity index (χ4v) is 3.25. The van der Waals surface area contributed by atoms with Crippen molar-refractivity contribution >= 4 is 34.4 Å². The first-order chi connectivity index (χ1) is 14.0. The molecule has 0 bridgehead atoms. The van der Waals surface area contributed by atoms with Gasteiger partial charge in [-0.3, -0.25) is 4.79 Å². The van der Waals surface area contributed by atoms with Crippen LogP contribution in [-0.4, -0.2) is 20.2 Å². The Hall–Kier alpha value is -3.45. The number of benzene rings is 1. The Morgan fingerprint density at radius 1 is 1.21 bits per heavy atom. The lowest BCUT2D eigenvalue weighted by Crippen LogP contribution is -2.09. The van der Waals surface area contributed by atoms with Crippen LogP contribution in [0.25, 0.3) is 5.52 Å². The Bertz CT molecular complexity index is 1210. The zero-order valence-corrected chi connectivity index (χ0v) is 16.0. The van der Waals surface area contributed by atoms with Crippen LogP contribution in [0.3, 0.4) is 0 Å². The molecule has 1 aromatic carbocycles. The van der Waals surface area contributed by atoms with E-state index in [2.05, 4.69) is 15.3 Å². The summed E-state index contributed by atoms with van der Waals surface area (Å²) in [5, 5.41) is 3.64. The number of hydrogen-bond acceptors (Lipinski definition) is 5. The van der Waals surface area contributed by atoms with Gasteiger partial charge >= 0.3 is 0 Å². The third kappa shape index (κ3) is 4.20. The molecule has 0 atom stereocenters. The van der Waals surface area contributed by atoms with Crippen molar-refractivity contribution in [1.82, 2.24) is 14.4 Å². The van der Waals surface area contributed by atoms with Gasteiger partial charge in [0.1, 0.15) is 17.3 Å². The lowest BCUT2D eigenvalue weighted by Gasteiger charge is -2.10. The Labute approximate surface area is 171 Å². The molecule has 0 saturated heterocycles. The first-order valence-electron chi connectivity index (χ1n) is 8.88. The van der Waals surface area contributed by atoms with Crippen molar-refractivity contribution in [3.63, 3.8) is 0 Å². The molecule has 0 spiro atoms. The van der Waals surface area contributed by atoms with E-state index in [0.717, 1.165) is 5.52 Å². The van der Waals surface area contributed by atoms with E-state index in [4.69, 9.17) is 17.3 Å². The van der Waals surface area contributed by atoms with Crippen LogP contribution in [0.1, 0.15) is 21.6 Å². The molecule has 0 aliphatic heterocycles. The van der Waals surface area contributed by atoms with Crippen molar-refractivity contribution in [2.75, 3.05) is 11.1 Å². The van der Waals surface area contributed by atoms with Gasteiger partial charge in [0.25, 0.3) is 0 Å². The number of nitrogen functional groups attached to an aromatic ring is 1. The second-order valence-corrected chi connectivity index (χ2v) is 7.02. The average Bonchev–Trinajstić information content (AvgIpc) is 3.08. The molecule has 29 heavy (non-hydrogen) atoms. The third-order valence-electron chi connectivity index (χ3n) is 4.52. The van der Waals surface area contributed by atoms with E-state index in [9.17, 15) is 9.18 Å². The first-order valence-corrected chi connectivity index (χ1v) is 9.25. The number of aromatic nitrogens is 3. The highest BCUT2D eigenvalue weighted by molar-refractivity contribution is 6.31. The average molecular weight is 410 g/mol. The maximum atomic E-state index is 14.2. The molecule has 0 radical (unpaired) electrons. The van der Waals surface area contributed by atoms with Crippen LogP contribution in [0.5, 0.6) is 0 Å². The largest absolute Gasteiger partial charge is 0.382 e. The Morgan fingerprint density at radius 2 is 2.07 bits per heavy atom. The molecule has 3 heterocycles. The molecule has 0 saturated carbocycles. The van der Waals surface area contributed by atoms with Gasteiger partial charge in [-0.1, -0.05) is 23.7 Å². The number of rotatable bonds is 6.